The topological polar surface area (TPSA) is 38.3 Å². The minimum atomic E-state index is -0.507. The zero-order chi connectivity index (χ0) is 16.1. The quantitative estimate of drug-likeness (QED) is 0.813. The smallest absolute Gasteiger partial charge is 0.248 e. The van der Waals surface area contributed by atoms with E-state index in [4.69, 9.17) is 27.9 Å². The summed E-state index contributed by atoms with van der Waals surface area (Å²) in [4.78, 5) is 11.9. The molecule has 3 nitrogen and oxygen atoms in total. The van der Waals surface area contributed by atoms with Gasteiger partial charge in [-0.3, -0.25) is 4.79 Å². The Bertz CT molecular complexity index is 732. The molecule has 1 amide bonds. The Kier molecular flexibility index (Phi) is 5.41. The molecule has 0 aliphatic heterocycles. The fourth-order valence-electron chi connectivity index (χ4n) is 1.74. The van der Waals surface area contributed by atoms with Gasteiger partial charge in [0.05, 0.1) is 17.8 Å². The molecular weight excluding hydrogens is 328 g/mol. The highest BCUT2D eigenvalue weighted by Gasteiger charge is 2.06. The van der Waals surface area contributed by atoms with Gasteiger partial charge in [-0.25, -0.2) is 4.39 Å². The summed E-state index contributed by atoms with van der Waals surface area (Å²) in [5.41, 5.74) is 1.07. The van der Waals surface area contributed by atoms with E-state index in [0.717, 1.165) is 0 Å². The van der Waals surface area contributed by atoms with Gasteiger partial charge in [-0.15, -0.1) is 0 Å². The van der Waals surface area contributed by atoms with Crippen molar-refractivity contribution >= 4 is 40.9 Å². The van der Waals surface area contributed by atoms with E-state index in [9.17, 15) is 9.18 Å². The second kappa shape index (κ2) is 7.29. The molecular formula is C16H12Cl2FNO2. The number of methoxy groups -OCH3 is 1. The molecule has 6 heteroatoms. The highest BCUT2D eigenvalue weighted by atomic mass is 35.5. The van der Waals surface area contributed by atoms with Crippen LogP contribution in [-0.2, 0) is 4.79 Å². The third-order valence-electron chi connectivity index (χ3n) is 2.79. The fourth-order valence-corrected chi connectivity index (χ4v) is 2.10. The van der Waals surface area contributed by atoms with E-state index in [1.54, 1.807) is 18.2 Å². The van der Waals surface area contributed by atoms with Crippen molar-refractivity contribution in [2.24, 2.45) is 0 Å². The lowest BCUT2D eigenvalue weighted by Gasteiger charge is -2.08. The molecule has 22 heavy (non-hydrogen) atoms. The molecule has 0 aliphatic rings. The fraction of sp³-hybridized carbons (Fsp3) is 0.0625. The van der Waals surface area contributed by atoms with Crippen molar-refractivity contribution in [1.29, 1.82) is 0 Å². The number of hydrogen-bond donors (Lipinski definition) is 1. The molecule has 0 saturated heterocycles. The number of anilines is 1. The first-order chi connectivity index (χ1) is 10.5. The molecule has 2 rings (SSSR count). The average molecular weight is 340 g/mol. The van der Waals surface area contributed by atoms with Crippen molar-refractivity contribution in [3.8, 4) is 5.75 Å². The monoisotopic (exact) mass is 339 g/mol. The molecule has 0 unspecified atom stereocenters. The van der Waals surface area contributed by atoms with Crippen LogP contribution >= 0.6 is 23.2 Å². The lowest BCUT2D eigenvalue weighted by Crippen LogP contribution is -2.08. The maximum atomic E-state index is 13.0. The van der Waals surface area contributed by atoms with E-state index >= 15 is 0 Å². The zero-order valence-corrected chi connectivity index (χ0v) is 13.1. The van der Waals surface area contributed by atoms with Gasteiger partial charge in [-0.2, -0.15) is 0 Å². The Balaban J connectivity index is 2.11. The third-order valence-corrected chi connectivity index (χ3v) is 3.31. The molecule has 2 aromatic rings. The zero-order valence-electron chi connectivity index (χ0n) is 11.6. The molecule has 2 aromatic carbocycles. The number of nitrogens with one attached hydrogen (secondary N) is 1. The predicted molar refractivity (Wildman–Crippen MR) is 87.1 cm³/mol. The molecule has 0 atom stereocenters. The van der Waals surface area contributed by atoms with Crippen LogP contribution in [0.15, 0.2) is 42.5 Å². The van der Waals surface area contributed by atoms with E-state index < -0.39 is 5.82 Å². The summed E-state index contributed by atoms with van der Waals surface area (Å²) in [5, 5.41) is 3.13. The molecule has 0 bridgehead atoms. The largest absolute Gasteiger partial charge is 0.495 e. The van der Waals surface area contributed by atoms with Crippen LogP contribution < -0.4 is 10.1 Å². The van der Waals surface area contributed by atoms with Crippen molar-refractivity contribution in [3.63, 3.8) is 0 Å². The Morgan fingerprint density at radius 3 is 2.68 bits per heavy atom. The van der Waals surface area contributed by atoms with Gasteiger partial charge in [0.25, 0.3) is 0 Å². The number of carbonyl (C=O) groups is 1. The summed E-state index contributed by atoms with van der Waals surface area (Å²) in [6, 6.07) is 9.08. The van der Waals surface area contributed by atoms with Crippen LogP contribution in [-0.4, -0.2) is 13.0 Å². The molecule has 114 valence electrons. The van der Waals surface area contributed by atoms with E-state index in [0.29, 0.717) is 22.0 Å². The van der Waals surface area contributed by atoms with Crippen molar-refractivity contribution in [1.82, 2.24) is 0 Å². The molecule has 0 radical (unpaired) electrons. The van der Waals surface area contributed by atoms with E-state index in [2.05, 4.69) is 5.32 Å². The Hall–Kier alpha value is -2.04. The molecule has 0 aromatic heterocycles. The van der Waals surface area contributed by atoms with Crippen LogP contribution in [0.4, 0.5) is 10.1 Å². The molecule has 0 heterocycles. The maximum Gasteiger partial charge on any atom is 0.248 e. The summed E-state index contributed by atoms with van der Waals surface area (Å²) in [7, 11) is 1.50. The SMILES string of the molecule is COc1ccc(Cl)cc1NC(=O)/C=C/c1ccc(F)c(Cl)c1. The average Bonchev–Trinajstić information content (AvgIpc) is 2.49. The number of hydrogen-bond acceptors (Lipinski definition) is 2. The summed E-state index contributed by atoms with van der Waals surface area (Å²) >= 11 is 11.6. The van der Waals surface area contributed by atoms with E-state index in [1.807, 2.05) is 0 Å². The Morgan fingerprint density at radius 2 is 2.00 bits per heavy atom. The standard InChI is InChI=1S/C16H12Cl2FNO2/c1-22-15-6-4-11(17)9-14(15)20-16(21)7-3-10-2-5-13(19)12(18)8-10/h2-9H,1H3,(H,20,21)/b7-3+. The van der Waals surface area contributed by atoms with Crippen LogP contribution in [0.1, 0.15) is 5.56 Å². The van der Waals surface area contributed by atoms with Crippen LogP contribution in [0.25, 0.3) is 6.08 Å². The number of benzene rings is 2. The molecule has 0 saturated carbocycles. The molecule has 0 spiro atoms. The number of ether oxygens (including phenoxy) is 1. The van der Waals surface area contributed by atoms with Gasteiger partial charge >= 0.3 is 0 Å². The minimum Gasteiger partial charge on any atom is -0.495 e. The second-order valence-electron chi connectivity index (χ2n) is 4.34. The first-order valence-electron chi connectivity index (χ1n) is 6.27. The molecule has 1 N–H and O–H groups in total. The van der Waals surface area contributed by atoms with Gasteiger partial charge in [0.2, 0.25) is 5.91 Å². The summed E-state index contributed by atoms with van der Waals surface area (Å²) < 4.78 is 18.2. The van der Waals surface area contributed by atoms with Crippen LogP contribution in [0.2, 0.25) is 10.0 Å². The lowest BCUT2D eigenvalue weighted by atomic mass is 10.2. The Labute approximate surface area is 137 Å². The van der Waals surface area contributed by atoms with Gasteiger partial charge in [0.15, 0.2) is 0 Å². The summed E-state index contributed by atoms with van der Waals surface area (Å²) in [5.74, 6) is -0.385. The van der Waals surface area contributed by atoms with Crippen molar-refractivity contribution in [3.05, 3.63) is 63.9 Å². The number of carbonyl (C=O) groups excluding carboxylic acids is 1. The third kappa shape index (κ3) is 4.23. The first-order valence-corrected chi connectivity index (χ1v) is 7.03. The van der Waals surface area contributed by atoms with Crippen LogP contribution in [0, 0.1) is 5.82 Å². The number of amides is 1. The van der Waals surface area contributed by atoms with E-state index in [1.165, 1.54) is 37.5 Å². The molecule has 0 aliphatic carbocycles. The molecule has 0 fully saturated rings. The first kappa shape index (κ1) is 16.3. The van der Waals surface area contributed by atoms with Crippen molar-refractivity contribution in [2.75, 3.05) is 12.4 Å². The highest BCUT2D eigenvalue weighted by Crippen LogP contribution is 2.27. The number of rotatable bonds is 4. The number of halogens is 3. The lowest BCUT2D eigenvalue weighted by molar-refractivity contribution is -0.111. The van der Waals surface area contributed by atoms with Crippen molar-refractivity contribution < 1.29 is 13.9 Å². The summed E-state index contributed by atoms with van der Waals surface area (Å²) in [6.45, 7) is 0. The van der Waals surface area contributed by atoms with Gasteiger partial charge in [-0.1, -0.05) is 29.3 Å². The van der Waals surface area contributed by atoms with Gasteiger partial charge < -0.3 is 10.1 Å². The van der Waals surface area contributed by atoms with Crippen LogP contribution in [0.5, 0.6) is 5.75 Å². The predicted octanol–water partition coefficient (Wildman–Crippen LogP) is 4.79. The van der Waals surface area contributed by atoms with E-state index in [-0.39, 0.29) is 10.9 Å². The normalized spacial score (nSPS) is 10.7. The minimum absolute atomic E-state index is 0.000862. The second-order valence-corrected chi connectivity index (χ2v) is 5.18. The van der Waals surface area contributed by atoms with Crippen molar-refractivity contribution in [2.45, 2.75) is 0 Å². The highest BCUT2D eigenvalue weighted by molar-refractivity contribution is 6.31. The Morgan fingerprint density at radius 1 is 1.23 bits per heavy atom. The maximum absolute atomic E-state index is 13.0. The van der Waals surface area contributed by atoms with Gasteiger partial charge in [0, 0.05) is 11.1 Å². The van der Waals surface area contributed by atoms with Gasteiger partial charge in [-0.05, 0) is 42.0 Å². The van der Waals surface area contributed by atoms with Crippen LogP contribution in [0.3, 0.4) is 0 Å². The van der Waals surface area contributed by atoms with Gasteiger partial charge in [0.1, 0.15) is 11.6 Å². The summed E-state index contributed by atoms with van der Waals surface area (Å²) in [6.07, 6.45) is 2.83.